The number of amides is 2. The van der Waals surface area contributed by atoms with E-state index in [1.54, 1.807) is 42.5 Å². The second kappa shape index (κ2) is 9.56. The number of anilines is 2. The minimum absolute atomic E-state index is 0.214. The van der Waals surface area contributed by atoms with Gasteiger partial charge in [0.05, 0.1) is 19.1 Å². The molecule has 0 spiro atoms. The van der Waals surface area contributed by atoms with Crippen LogP contribution in [-0.4, -0.2) is 36.1 Å². The van der Waals surface area contributed by atoms with E-state index in [9.17, 15) is 9.59 Å². The van der Waals surface area contributed by atoms with Gasteiger partial charge >= 0.3 is 12.0 Å². The first-order chi connectivity index (χ1) is 17.1. The molecule has 2 amide bonds. The van der Waals surface area contributed by atoms with Gasteiger partial charge in [0.1, 0.15) is 0 Å². The molecular formula is C25H20N4O6. The minimum Gasteiger partial charge on any atom is -0.465 e. The first-order valence-electron chi connectivity index (χ1n) is 10.6. The van der Waals surface area contributed by atoms with Crippen molar-refractivity contribution < 1.29 is 28.2 Å². The molecule has 0 saturated carbocycles. The van der Waals surface area contributed by atoms with E-state index in [0.717, 1.165) is 5.56 Å². The molecule has 3 aromatic carbocycles. The Bertz CT molecular complexity index is 1400. The number of urea groups is 1. The van der Waals surface area contributed by atoms with Crippen molar-refractivity contribution in [2.45, 2.75) is 6.42 Å². The van der Waals surface area contributed by atoms with Gasteiger partial charge in [0.25, 0.3) is 0 Å². The summed E-state index contributed by atoms with van der Waals surface area (Å²) >= 11 is 0. The fraction of sp³-hybridized carbons (Fsp3) is 0.120. The predicted octanol–water partition coefficient (Wildman–Crippen LogP) is 4.49. The van der Waals surface area contributed by atoms with Gasteiger partial charge in [0.15, 0.2) is 11.5 Å². The fourth-order valence-electron chi connectivity index (χ4n) is 3.53. The van der Waals surface area contributed by atoms with Crippen LogP contribution >= 0.6 is 0 Å². The van der Waals surface area contributed by atoms with Gasteiger partial charge in [0.2, 0.25) is 18.6 Å². The van der Waals surface area contributed by atoms with E-state index in [0.29, 0.717) is 52.2 Å². The van der Waals surface area contributed by atoms with Gasteiger partial charge < -0.3 is 29.3 Å². The molecule has 0 atom stereocenters. The summed E-state index contributed by atoms with van der Waals surface area (Å²) in [6, 6.07) is 18.7. The van der Waals surface area contributed by atoms with E-state index in [1.807, 2.05) is 18.2 Å². The molecule has 1 aromatic heterocycles. The van der Waals surface area contributed by atoms with E-state index in [-0.39, 0.29) is 6.79 Å². The summed E-state index contributed by atoms with van der Waals surface area (Å²) in [5.41, 5.74) is 2.92. The zero-order valence-electron chi connectivity index (χ0n) is 18.6. The quantitative estimate of drug-likeness (QED) is 0.394. The maximum absolute atomic E-state index is 12.5. The van der Waals surface area contributed by atoms with Crippen LogP contribution < -0.4 is 20.1 Å². The third-order valence-electron chi connectivity index (χ3n) is 5.17. The number of nitrogens with one attached hydrogen (secondary N) is 2. The molecule has 4 aromatic rings. The molecule has 0 saturated heterocycles. The molecule has 1 aliphatic heterocycles. The van der Waals surface area contributed by atoms with Gasteiger partial charge in [-0.2, -0.15) is 0 Å². The SMILES string of the molecule is COC(=O)c1cccc(NC(=O)Nc2cccc(-c3nnc(Cc4ccc5c(c4)OCO5)o3)c2)c1. The van der Waals surface area contributed by atoms with Crippen LogP contribution in [0.4, 0.5) is 16.2 Å². The van der Waals surface area contributed by atoms with Crippen LogP contribution in [0.5, 0.6) is 11.5 Å². The molecule has 5 rings (SSSR count). The van der Waals surface area contributed by atoms with Crippen molar-refractivity contribution in [3.8, 4) is 23.0 Å². The number of carbonyl (C=O) groups is 2. The predicted molar refractivity (Wildman–Crippen MR) is 126 cm³/mol. The lowest BCUT2D eigenvalue weighted by Crippen LogP contribution is -2.19. The maximum Gasteiger partial charge on any atom is 0.337 e. The van der Waals surface area contributed by atoms with Gasteiger partial charge in [-0.15, -0.1) is 10.2 Å². The van der Waals surface area contributed by atoms with Crippen molar-refractivity contribution in [1.29, 1.82) is 0 Å². The van der Waals surface area contributed by atoms with Crippen LogP contribution in [0, 0.1) is 0 Å². The molecule has 0 bridgehead atoms. The number of methoxy groups -OCH3 is 1. The lowest BCUT2D eigenvalue weighted by atomic mass is 10.1. The summed E-state index contributed by atoms with van der Waals surface area (Å²) in [5, 5.41) is 13.7. The van der Waals surface area contributed by atoms with Crippen molar-refractivity contribution in [1.82, 2.24) is 10.2 Å². The van der Waals surface area contributed by atoms with E-state index in [1.165, 1.54) is 13.2 Å². The maximum atomic E-state index is 12.5. The second-order valence-electron chi connectivity index (χ2n) is 7.60. The Morgan fingerprint density at radius 3 is 2.51 bits per heavy atom. The number of esters is 1. The standard InChI is InChI=1S/C25H20N4O6/c1-32-24(30)17-5-3-7-19(13-17)27-25(31)26-18-6-2-4-16(12-18)23-29-28-22(35-23)11-15-8-9-20-21(10-15)34-14-33-20/h2-10,12-13H,11,14H2,1H3,(H2,26,27,31). The number of nitrogens with zero attached hydrogens (tertiary/aromatic N) is 2. The Morgan fingerprint density at radius 1 is 0.914 bits per heavy atom. The number of fused-ring (bicyclic) bond motifs is 1. The Morgan fingerprint density at radius 2 is 1.69 bits per heavy atom. The zero-order chi connectivity index (χ0) is 24.2. The molecular weight excluding hydrogens is 452 g/mol. The fourth-order valence-corrected chi connectivity index (χ4v) is 3.53. The van der Waals surface area contributed by atoms with Crippen LogP contribution in [0.2, 0.25) is 0 Å². The highest BCUT2D eigenvalue weighted by molar-refractivity contribution is 6.01. The van der Waals surface area contributed by atoms with E-state index < -0.39 is 12.0 Å². The van der Waals surface area contributed by atoms with Crippen LogP contribution in [-0.2, 0) is 11.2 Å². The smallest absolute Gasteiger partial charge is 0.337 e. The normalized spacial score (nSPS) is 11.7. The van der Waals surface area contributed by atoms with E-state index in [4.69, 9.17) is 18.6 Å². The van der Waals surface area contributed by atoms with Crippen LogP contribution in [0.15, 0.2) is 71.1 Å². The van der Waals surface area contributed by atoms with E-state index >= 15 is 0 Å². The van der Waals surface area contributed by atoms with Gasteiger partial charge in [0, 0.05) is 16.9 Å². The highest BCUT2D eigenvalue weighted by atomic mass is 16.7. The molecule has 35 heavy (non-hydrogen) atoms. The van der Waals surface area contributed by atoms with E-state index in [2.05, 4.69) is 20.8 Å². The van der Waals surface area contributed by atoms with Gasteiger partial charge in [-0.25, -0.2) is 9.59 Å². The number of hydrogen-bond donors (Lipinski definition) is 2. The summed E-state index contributed by atoms with van der Waals surface area (Å²) in [7, 11) is 1.30. The molecule has 2 heterocycles. The first kappa shape index (κ1) is 22.0. The summed E-state index contributed by atoms with van der Waals surface area (Å²) < 4.78 is 21.3. The van der Waals surface area contributed by atoms with Crippen LogP contribution in [0.1, 0.15) is 21.8 Å². The number of ether oxygens (including phenoxy) is 3. The topological polar surface area (TPSA) is 125 Å². The average molecular weight is 472 g/mol. The highest BCUT2D eigenvalue weighted by Gasteiger charge is 2.16. The molecule has 10 heteroatoms. The average Bonchev–Trinajstić information content (AvgIpc) is 3.53. The summed E-state index contributed by atoms with van der Waals surface area (Å²) in [6.07, 6.45) is 0.439. The summed E-state index contributed by atoms with van der Waals surface area (Å²) in [4.78, 5) is 24.1. The third kappa shape index (κ3) is 5.06. The van der Waals surface area contributed by atoms with Gasteiger partial charge in [-0.1, -0.05) is 18.2 Å². The number of carbonyl (C=O) groups excluding carboxylic acids is 2. The molecule has 0 fully saturated rings. The lowest BCUT2D eigenvalue weighted by Gasteiger charge is -2.09. The monoisotopic (exact) mass is 472 g/mol. The number of hydrogen-bond acceptors (Lipinski definition) is 8. The Balaban J connectivity index is 1.24. The van der Waals surface area contributed by atoms with Crippen molar-refractivity contribution in [3.05, 3.63) is 83.7 Å². The van der Waals surface area contributed by atoms with Crippen molar-refractivity contribution in [2.75, 3.05) is 24.5 Å². The summed E-state index contributed by atoms with van der Waals surface area (Å²) in [5.74, 6) is 1.69. The van der Waals surface area contributed by atoms with Gasteiger partial charge in [-0.3, -0.25) is 0 Å². The zero-order valence-corrected chi connectivity index (χ0v) is 18.6. The third-order valence-corrected chi connectivity index (χ3v) is 5.17. The lowest BCUT2D eigenvalue weighted by molar-refractivity contribution is 0.0600. The number of benzene rings is 3. The molecule has 1 aliphatic rings. The van der Waals surface area contributed by atoms with Crippen molar-refractivity contribution in [2.24, 2.45) is 0 Å². The molecule has 0 unspecified atom stereocenters. The first-order valence-corrected chi connectivity index (χ1v) is 10.6. The Hall–Kier alpha value is -4.86. The molecule has 2 N–H and O–H groups in total. The molecule has 0 radical (unpaired) electrons. The Kier molecular flexibility index (Phi) is 6.00. The number of aromatic nitrogens is 2. The molecule has 0 aliphatic carbocycles. The minimum atomic E-state index is -0.487. The van der Waals surface area contributed by atoms with Crippen molar-refractivity contribution in [3.63, 3.8) is 0 Å². The summed E-state index contributed by atoms with van der Waals surface area (Å²) in [6.45, 7) is 0.214. The number of rotatable bonds is 6. The van der Waals surface area contributed by atoms with Gasteiger partial charge in [-0.05, 0) is 54.1 Å². The largest absolute Gasteiger partial charge is 0.465 e. The second-order valence-corrected chi connectivity index (χ2v) is 7.60. The van der Waals surface area contributed by atoms with Crippen LogP contribution in [0.3, 0.4) is 0 Å². The van der Waals surface area contributed by atoms with Crippen molar-refractivity contribution >= 4 is 23.4 Å². The molecule has 176 valence electrons. The highest BCUT2D eigenvalue weighted by Crippen LogP contribution is 2.33. The van der Waals surface area contributed by atoms with Crippen LogP contribution in [0.25, 0.3) is 11.5 Å². The molecule has 10 nitrogen and oxygen atoms in total. The Labute approximate surface area is 199 Å².